The molecule has 0 bridgehead atoms. The molecule has 1 atom stereocenters. The van der Waals surface area contributed by atoms with Crippen LogP contribution in [0.25, 0.3) is 10.6 Å². The largest absolute Gasteiger partial charge is 0.410 e. The first-order valence-electron chi connectivity index (χ1n) is 7.53. The summed E-state index contributed by atoms with van der Waals surface area (Å²) >= 11 is 1.38. The summed E-state index contributed by atoms with van der Waals surface area (Å²) in [5.74, 6) is 0.310. The molecule has 0 aliphatic heterocycles. The van der Waals surface area contributed by atoms with Gasteiger partial charge in [-0.3, -0.25) is 0 Å². The number of rotatable bonds is 5. The third-order valence-electron chi connectivity index (χ3n) is 3.58. The SMILES string of the molecule is NCc1cccc(-c2nnc(C(N)c3ccccc3OC(N)=O)s2)c1. The van der Waals surface area contributed by atoms with E-state index in [-0.39, 0.29) is 0 Å². The molecule has 128 valence electrons. The lowest BCUT2D eigenvalue weighted by molar-refractivity contribution is 0.210. The molecule has 6 N–H and O–H groups in total. The maximum Gasteiger partial charge on any atom is 0.409 e. The maximum atomic E-state index is 11.1. The normalized spacial score (nSPS) is 11.9. The van der Waals surface area contributed by atoms with E-state index in [1.807, 2.05) is 24.3 Å². The van der Waals surface area contributed by atoms with Crippen LogP contribution < -0.4 is 21.9 Å². The lowest BCUT2D eigenvalue weighted by Crippen LogP contribution is -2.19. The molecule has 0 aliphatic carbocycles. The number of carbonyl (C=O) groups excluding carboxylic acids is 1. The number of carbonyl (C=O) groups is 1. The molecule has 1 heterocycles. The molecule has 2 aromatic carbocycles. The van der Waals surface area contributed by atoms with E-state index in [1.54, 1.807) is 24.3 Å². The summed E-state index contributed by atoms with van der Waals surface area (Å²) in [4.78, 5) is 11.1. The second-order valence-electron chi connectivity index (χ2n) is 5.29. The van der Waals surface area contributed by atoms with Gasteiger partial charge in [0.2, 0.25) is 0 Å². The predicted octanol–water partition coefficient (Wildman–Crippen LogP) is 2.17. The second-order valence-corrected chi connectivity index (χ2v) is 6.30. The van der Waals surface area contributed by atoms with E-state index in [2.05, 4.69) is 10.2 Å². The summed E-state index contributed by atoms with van der Waals surface area (Å²) in [6.45, 7) is 0.455. The Morgan fingerprint density at radius 3 is 2.72 bits per heavy atom. The number of hydrogen-bond donors (Lipinski definition) is 3. The molecule has 8 heteroatoms. The van der Waals surface area contributed by atoms with Crippen molar-refractivity contribution in [3.63, 3.8) is 0 Å². The number of ether oxygens (including phenoxy) is 1. The van der Waals surface area contributed by atoms with Gasteiger partial charge >= 0.3 is 6.09 Å². The summed E-state index contributed by atoms with van der Waals surface area (Å²) in [5, 5.41) is 9.75. The average molecular weight is 355 g/mol. The predicted molar refractivity (Wildman–Crippen MR) is 95.9 cm³/mol. The van der Waals surface area contributed by atoms with E-state index in [0.717, 1.165) is 16.1 Å². The van der Waals surface area contributed by atoms with Crippen molar-refractivity contribution in [1.82, 2.24) is 10.2 Å². The van der Waals surface area contributed by atoms with Crippen molar-refractivity contribution in [1.29, 1.82) is 0 Å². The number of para-hydroxylation sites is 1. The molecular formula is C17H17N5O2S. The molecule has 3 rings (SSSR count). The van der Waals surface area contributed by atoms with Gasteiger partial charge in [-0.25, -0.2) is 4.79 Å². The van der Waals surface area contributed by atoms with Gasteiger partial charge in [-0.2, -0.15) is 0 Å². The molecule has 0 saturated carbocycles. The Balaban J connectivity index is 1.91. The Kier molecular flexibility index (Phi) is 5.03. The van der Waals surface area contributed by atoms with Crippen molar-refractivity contribution >= 4 is 17.4 Å². The van der Waals surface area contributed by atoms with Crippen LogP contribution in [-0.2, 0) is 6.54 Å². The highest BCUT2D eigenvalue weighted by molar-refractivity contribution is 7.14. The van der Waals surface area contributed by atoms with Crippen LogP contribution in [0.2, 0.25) is 0 Å². The zero-order valence-electron chi connectivity index (χ0n) is 13.3. The third-order valence-corrected chi connectivity index (χ3v) is 4.64. The lowest BCUT2D eigenvalue weighted by atomic mass is 10.1. The molecule has 0 spiro atoms. The van der Waals surface area contributed by atoms with Gasteiger partial charge in [0.15, 0.2) is 0 Å². The Bertz CT molecular complexity index is 896. The van der Waals surface area contributed by atoms with Crippen LogP contribution in [0.3, 0.4) is 0 Å². The van der Waals surface area contributed by atoms with Gasteiger partial charge in [-0.1, -0.05) is 47.7 Å². The minimum absolute atomic E-state index is 0.310. The number of benzene rings is 2. The summed E-state index contributed by atoms with van der Waals surface area (Å²) in [7, 11) is 0. The molecule has 7 nitrogen and oxygen atoms in total. The van der Waals surface area contributed by atoms with Crippen molar-refractivity contribution in [3.05, 3.63) is 64.7 Å². The molecule has 0 fully saturated rings. The minimum atomic E-state index is -0.892. The van der Waals surface area contributed by atoms with Crippen molar-refractivity contribution in [2.24, 2.45) is 17.2 Å². The highest BCUT2D eigenvalue weighted by Gasteiger charge is 2.20. The molecule has 0 aliphatic rings. The number of nitrogens with two attached hydrogens (primary N) is 3. The average Bonchev–Trinajstić information content (AvgIpc) is 3.11. The molecule has 3 aromatic rings. The van der Waals surface area contributed by atoms with Gasteiger partial charge in [-0.05, 0) is 17.7 Å². The van der Waals surface area contributed by atoms with Gasteiger partial charge in [0.05, 0.1) is 6.04 Å². The van der Waals surface area contributed by atoms with Gasteiger partial charge in [0.25, 0.3) is 0 Å². The van der Waals surface area contributed by atoms with E-state index in [9.17, 15) is 4.79 Å². The van der Waals surface area contributed by atoms with E-state index in [0.29, 0.717) is 22.9 Å². The van der Waals surface area contributed by atoms with E-state index in [4.69, 9.17) is 21.9 Å². The maximum absolute atomic E-state index is 11.1. The molecule has 0 radical (unpaired) electrons. The molecule has 25 heavy (non-hydrogen) atoms. The van der Waals surface area contributed by atoms with E-state index >= 15 is 0 Å². The molecule has 1 amide bonds. The fourth-order valence-electron chi connectivity index (χ4n) is 2.38. The molecule has 1 aromatic heterocycles. The van der Waals surface area contributed by atoms with Crippen LogP contribution in [0.4, 0.5) is 4.79 Å². The Hall–Kier alpha value is -2.81. The smallest absolute Gasteiger partial charge is 0.409 e. The zero-order valence-corrected chi connectivity index (χ0v) is 14.1. The highest BCUT2D eigenvalue weighted by Crippen LogP contribution is 2.32. The summed E-state index contributed by atoms with van der Waals surface area (Å²) in [6, 6.07) is 14.1. The summed E-state index contributed by atoms with van der Waals surface area (Å²) < 4.78 is 5.01. The molecule has 0 saturated heterocycles. The molecular weight excluding hydrogens is 338 g/mol. The Morgan fingerprint density at radius 1 is 1.16 bits per heavy atom. The van der Waals surface area contributed by atoms with Crippen molar-refractivity contribution < 1.29 is 9.53 Å². The number of primary amides is 1. The standard InChI is InChI=1S/C17H17N5O2S/c18-9-10-4-3-5-11(8-10)15-21-22-16(25-15)14(19)12-6-1-2-7-13(12)24-17(20)23/h1-8,14H,9,18-19H2,(H2,20,23). The Morgan fingerprint density at radius 2 is 1.96 bits per heavy atom. The van der Waals surface area contributed by atoms with Crippen LogP contribution in [0.1, 0.15) is 22.2 Å². The monoisotopic (exact) mass is 355 g/mol. The van der Waals surface area contributed by atoms with Crippen LogP contribution in [0.15, 0.2) is 48.5 Å². The van der Waals surface area contributed by atoms with Crippen molar-refractivity contribution in [3.8, 4) is 16.3 Å². The summed E-state index contributed by atoms with van der Waals surface area (Å²) in [5.41, 5.74) is 19.6. The third kappa shape index (κ3) is 3.82. The first kappa shape index (κ1) is 17.0. The van der Waals surface area contributed by atoms with Gasteiger partial charge in [-0.15, -0.1) is 10.2 Å². The number of hydrogen-bond acceptors (Lipinski definition) is 7. The van der Waals surface area contributed by atoms with Gasteiger partial charge in [0, 0.05) is 17.7 Å². The van der Waals surface area contributed by atoms with Crippen LogP contribution >= 0.6 is 11.3 Å². The van der Waals surface area contributed by atoms with E-state index in [1.165, 1.54) is 11.3 Å². The van der Waals surface area contributed by atoms with Crippen LogP contribution in [-0.4, -0.2) is 16.3 Å². The summed E-state index contributed by atoms with van der Waals surface area (Å²) in [6.07, 6.45) is -0.892. The minimum Gasteiger partial charge on any atom is -0.410 e. The second kappa shape index (κ2) is 7.39. The highest BCUT2D eigenvalue weighted by atomic mass is 32.1. The first-order valence-corrected chi connectivity index (χ1v) is 8.34. The fraction of sp³-hybridized carbons (Fsp3) is 0.118. The van der Waals surface area contributed by atoms with Gasteiger partial charge in [0.1, 0.15) is 15.8 Å². The molecule has 1 unspecified atom stereocenters. The lowest BCUT2D eigenvalue weighted by Gasteiger charge is -2.12. The topological polar surface area (TPSA) is 130 Å². The first-order chi connectivity index (χ1) is 12.1. The fourth-order valence-corrected chi connectivity index (χ4v) is 3.24. The zero-order chi connectivity index (χ0) is 17.8. The van der Waals surface area contributed by atoms with Gasteiger partial charge < -0.3 is 21.9 Å². The quantitative estimate of drug-likeness (QED) is 0.643. The van der Waals surface area contributed by atoms with Crippen molar-refractivity contribution in [2.45, 2.75) is 12.6 Å². The number of aromatic nitrogens is 2. The van der Waals surface area contributed by atoms with Crippen LogP contribution in [0, 0.1) is 0 Å². The van der Waals surface area contributed by atoms with Crippen LogP contribution in [0.5, 0.6) is 5.75 Å². The Labute approximate surface area is 148 Å². The van der Waals surface area contributed by atoms with Crippen molar-refractivity contribution in [2.75, 3.05) is 0 Å². The van der Waals surface area contributed by atoms with E-state index < -0.39 is 12.1 Å². The number of amides is 1. The number of nitrogens with zero attached hydrogens (tertiary/aromatic N) is 2.